The molecule has 1 fully saturated rings. The zero-order chi connectivity index (χ0) is 18.5. The number of guanidine groups is 1. The Balaban J connectivity index is 2.44. The van der Waals surface area contributed by atoms with Gasteiger partial charge in [0.2, 0.25) is 0 Å². The number of hydrogen-bond acceptors (Lipinski definition) is 5. The van der Waals surface area contributed by atoms with Crippen LogP contribution in [0.1, 0.15) is 40.0 Å². The van der Waals surface area contributed by atoms with Gasteiger partial charge in [-0.3, -0.25) is 14.7 Å². The minimum Gasteiger partial charge on any atom is -0.469 e. The first-order chi connectivity index (χ1) is 12.1. The highest BCUT2D eigenvalue weighted by Gasteiger charge is 2.23. The number of rotatable bonds is 10. The van der Waals surface area contributed by atoms with Crippen molar-refractivity contribution in [1.82, 2.24) is 15.5 Å². The van der Waals surface area contributed by atoms with Gasteiger partial charge >= 0.3 is 5.97 Å². The molecule has 7 heteroatoms. The third kappa shape index (κ3) is 9.07. The molecule has 1 aliphatic heterocycles. The van der Waals surface area contributed by atoms with Crippen LogP contribution in [0.2, 0.25) is 0 Å². The summed E-state index contributed by atoms with van der Waals surface area (Å²) in [5, 5.41) is 6.65. The molecule has 0 aromatic heterocycles. The molecule has 7 nitrogen and oxygen atoms in total. The van der Waals surface area contributed by atoms with E-state index in [4.69, 9.17) is 9.73 Å². The van der Waals surface area contributed by atoms with Gasteiger partial charge in [0.25, 0.3) is 0 Å². The third-order valence-electron chi connectivity index (χ3n) is 4.39. The number of carbonyl (C=O) groups excluding carboxylic acids is 1. The summed E-state index contributed by atoms with van der Waals surface area (Å²) >= 11 is 0. The Hall–Kier alpha value is -1.34. The highest BCUT2D eigenvalue weighted by atomic mass is 16.5. The summed E-state index contributed by atoms with van der Waals surface area (Å²) in [6.07, 6.45) is 2.20. The molecule has 0 aromatic rings. The summed E-state index contributed by atoms with van der Waals surface area (Å²) in [4.78, 5) is 18.4. The molecular weight excluding hydrogens is 320 g/mol. The lowest BCUT2D eigenvalue weighted by atomic mass is 10.0. The fourth-order valence-corrected chi connectivity index (χ4v) is 2.89. The summed E-state index contributed by atoms with van der Waals surface area (Å²) in [5.41, 5.74) is 0. The molecule has 0 spiro atoms. The van der Waals surface area contributed by atoms with Crippen molar-refractivity contribution < 1.29 is 14.3 Å². The number of nitrogens with one attached hydrogen (secondary N) is 2. The Morgan fingerprint density at radius 2 is 1.96 bits per heavy atom. The van der Waals surface area contributed by atoms with Gasteiger partial charge in [-0.05, 0) is 25.7 Å². The number of morpholine rings is 1. The maximum atomic E-state index is 11.1. The first kappa shape index (κ1) is 21.7. The second kappa shape index (κ2) is 12.9. The highest BCUT2D eigenvalue weighted by molar-refractivity contribution is 5.79. The van der Waals surface area contributed by atoms with Crippen LogP contribution in [0.4, 0.5) is 0 Å². The molecule has 1 unspecified atom stereocenters. The first-order valence-electron chi connectivity index (χ1n) is 9.49. The molecule has 0 aromatic carbocycles. The van der Waals surface area contributed by atoms with Crippen LogP contribution in [0.15, 0.2) is 4.99 Å². The van der Waals surface area contributed by atoms with E-state index < -0.39 is 0 Å². The van der Waals surface area contributed by atoms with E-state index in [0.29, 0.717) is 18.4 Å². The SMILES string of the molecule is CCNC(=NCC(C(C)C)N1CCOCC1)NCCCCC(=O)OC. The molecule has 25 heavy (non-hydrogen) atoms. The van der Waals surface area contributed by atoms with Gasteiger partial charge in [0.05, 0.1) is 26.9 Å². The lowest BCUT2D eigenvalue weighted by Gasteiger charge is -2.36. The molecular formula is C18H36N4O3. The predicted molar refractivity (Wildman–Crippen MR) is 101 cm³/mol. The molecule has 146 valence electrons. The number of aliphatic imine (C=N–C) groups is 1. The van der Waals surface area contributed by atoms with E-state index in [1.807, 2.05) is 0 Å². The van der Waals surface area contributed by atoms with Gasteiger partial charge in [-0.1, -0.05) is 13.8 Å². The van der Waals surface area contributed by atoms with E-state index in [1.54, 1.807) is 0 Å². The van der Waals surface area contributed by atoms with Crippen LogP contribution in [-0.4, -0.2) is 75.9 Å². The monoisotopic (exact) mass is 356 g/mol. The van der Waals surface area contributed by atoms with E-state index in [9.17, 15) is 4.79 Å². The molecule has 0 bridgehead atoms. The van der Waals surface area contributed by atoms with Crippen molar-refractivity contribution in [1.29, 1.82) is 0 Å². The largest absolute Gasteiger partial charge is 0.469 e. The Morgan fingerprint density at radius 1 is 1.24 bits per heavy atom. The summed E-state index contributed by atoms with van der Waals surface area (Å²) in [6.45, 7) is 12.6. The molecule has 0 radical (unpaired) electrons. The number of esters is 1. The van der Waals surface area contributed by atoms with Gasteiger partial charge in [0, 0.05) is 38.6 Å². The van der Waals surface area contributed by atoms with Crippen LogP contribution in [0.3, 0.4) is 0 Å². The standard InChI is InChI=1S/C18H36N4O3/c1-5-19-18(20-9-7-6-8-17(23)24-4)21-14-16(15(2)3)22-10-12-25-13-11-22/h15-16H,5-14H2,1-4H3,(H2,19,20,21). The maximum absolute atomic E-state index is 11.1. The molecule has 0 aliphatic carbocycles. The summed E-state index contributed by atoms with van der Waals surface area (Å²) in [7, 11) is 1.43. The van der Waals surface area contributed by atoms with Crippen LogP contribution >= 0.6 is 0 Å². The Labute approximate surface area is 152 Å². The van der Waals surface area contributed by atoms with Crippen LogP contribution in [0.25, 0.3) is 0 Å². The van der Waals surface area contributed by atoms with Gasteiger partial charge in [-0.25, -0.2) is 0 Å². The second-order valence-corrected chi connectivity index (χ2v) is 6.64. The Morgan fingerprint density at radius 3 is 2.56 bits per heavy atom. The quantitative estimate of drug-likeness (QED) is 0.265. The molecule has 0 saturated carbocycles. The van der Waals surface area contributed by atoms with Crippen LogP contribution < -0.4 is 10.6 Å². The molecule has 2 N–H and O–H groups in total. The van der Waals surface area contributed by atoms with Crippen LogP contribution in [0, 0.1) is 5.92 Å². The van der Waals surface area contributed by atoms with Crippen molar-refractivity contribution in [2.24, 2.45) is 10.9 Å². The lowest BCUT2D eigenvalue weighted by Crippen LogP contribution is -2.48. The van der Waals surface area contributed by atoms with Crippen LogP contribution in [0.5, 0.6) is 0 Å². The van der Waals surface area contributed by atoms with E-state index in [2.05, 4.69) is 41.0 Å². The van der Waals surface area contributed by atoms with Gasteiger partial charge in [0.15, 0.2) is 5.96 Å². The minimum atomic E-state index is -0.147. The van der Waals surface area contributed by atoms with Gasteiger partial charge < -0.3 is 20.1 Å². The molecule has 0 amide bonds. The zero-order valence-electron chi connectivity index (χ0n) is 16.3. The van der Waals surface area contributed by atoms with E-state index in [1.165, 1.54) is 7.11 Å². The molecule has 1 saturated heterocycles. The first-order valence-corrected chi connectivity index (χ1v) is 9.49. The van der Waals surface area contributed by atoms with Crippen molar-refractivity contribution in [2.45, 2.75) is 46.1 Å². The van der Waals surface area contributed by atoms with Crippen molar-refractivity contribution in [3.05, 3.63) is 0 Å². The minimum absolute atomic E-state index is 0.147. The number of methoxy groups -OCH3 is 1. The smallest absolute Gasteiger partial charge is 0.305 e. The average molecular weight is 357 g/mol. The van der Waals surface area contributed by atoms with Crippen molar-refractivity contribution >= 4 is 11.9 Å². The number of unbranched alkanes of at least 4 members (excludes halogenated alkanes) is 1. The normalized spacial score (nSPS) is 17.4. The van der Waals surface area contributed by atoms with Crippen molar-refractivity contribution in [2.75, 3.05) is 53.0 Å². The lowest BCUT2D eigenvalue weighted by molar-refractivity contribution is -0.140. The predicted octanol–water partition coefficient (Wildman–Crippen LogP) is 1.24. The molecule has 1 heterocycles. The highest BCUT2D eigenvalue weighted by Crippen LogP contribution is 2.13. The fourth-order valence-electron chi connectivity index (χ4n) is 2.89. The number of nitrogens with zero attached hydrogens (tertiary/aromatic N) is 2. The number of hydrogen-bond donors (Lipinski definition) is 2. The van der Waals surface area contributed by atoms with Gasteiger partial charge in [-0.15, -0.1) is 0 Å². The van der Waals surface area contributed by atoms with Gasteiger partial charge in [-0.2, -0.15) is 0 Å². The Kier molecular flexibility index (Phi) is 11.2. The summed E-state index contributed by atoms with van der Waals surface area (Å²) < 4.78 is 10.1. The van der Waals surface area contributed by atoms with Crippen LogP contribution in [-0.2, 0) is 14.3 Å². The van der Waals surface area contributed by atoms with Crippen molar-refractivity contribution in [3.8, 4) is 0 Å². The summed E-state index contributed by atoms with van der Waals surface area (Å²) in [5.74, 6) is 1.25. The molecule has 1 rings (SSSR count). The Bertz CT molecular complexity index is 396. The molecule has 1 aliphatic rings. The zero-order valence-corrected chi connectivity index (χ0v) is 16.3. The number of ether oxygens (including phenoxy) is 2. The van der Waals surface area contributed by atoms with E-state index in [-0.39, 0.29) is 5.97 Å². The van der Waals surface area contributed by atoms with Gasteiger partial charge in [0.1, 0.15) is 0 Å². The maximum Gasteiger partial charge on any atom is 0.305 e. The number of carbonyl (C=O) groups is 1. The molecule has 1 atom stereocenters. The van der Waals surface area contributed by atoms with Crippen molar-refractivity contribution in [3.63, 3.8) is 0 Å². The average Bonchev–Trinajstić information content (AvgIpc) is 2.61. The second-order valence-electron chi connectivity index (χ2n) is 6.64. The topological polar surface area (TPSA) is 75.2 Å². The summed E-state index contributed by atoms with van der Waals surface area (Å²) in [6, 6.07) is 0.429. The fraction of sp³-hybridized carbons (Fsp3) is 0.889. The van der Waals surface area contributed by atoms with E-state index >= 15 is 0 Å². The van der Waals surface area contributed by atoms with E-state index in [0.717, 1.165) is 64.7 Å². The third-order valence-corrected chi connectivity index (χ3v) is 4.39.